The highest BCUT2D eigenvalue weighted by Gasteiger charge is 2.35. The van der Waals surface area contributed by atoms with Gasteiger partial charge in [-0.15, -0.1) is 0 Å². The summed E-state index contributed by atoms with van der Waals surface area (Å²) in [5, 5.41) is 24.9. The van der Waals surface area contributed by atoms with Crippen molar-refractivity contribution in [1.82, 2.24) is 30.2 Å². The first-order valence-corrected chi connectivity index (χ1v) is 33.9. The molecule has 2 saturated heterocycles. The Balaban J connectivity index is 0.000000313. The smallest absolute Gasteiger partial charge is 0.326 e. The Hall–Kier alpha value is -5.76. The molecule has 2 heterocycles. The molecule has 8 rings (SSSR count). The molecule has 2 unspecified atom stereocenters. The number of nitrogens with one attached hydrogen (secondary N) is 2. The molecule has 4 aliphatic rings. The summed E-state index contributed by atoms with van der Waals surface area (Å²) >= 11 is 3.10. The lowest BCUT2D eigenvalue weighted by Crippen LogP contribution is -2.51. The van der Waals surface area contributed by atoms with Crippen LogP contribution in [0.15, 0.2) is 84.9 Å². The van der Waals surface area contributed by atoms with Gasteiger partial charge in [0.05, 0.1) is 38.5 Å². The minimum atomic E-state index is -1.04. The summed E-state index contributed by atoms with van der Waals surface area (Å²) in [7, 11) is 4.06. The second-order valence-corrected chi connectivity index (χ2v) is 25.9. The lowest BCUT2D eigenvalue weighted by atomic mass is 9.84. The molecule has 16 nitrogen and oxygen atoms in total. The number of carboxylic acids is 2. The zero-order chi connectivity index (χ0) is 61.5. The molecule has 4 aromatic rings. The molecule has 2 aliphatic carbocycles. The fourth-order valence-corrected chi connectivity index (χ4v) is 13.6. The number of aliphatic carboxylic acids is 2. The van der Waals surface area contributed by atoms with Crippen molar-refractivity contribution >= 4 is 59.1 Å². The maximum atomic E-state index is 13.8. The van der Waals surface area contributed by atoms with E-state index in [0.29, 0.717) is 113 Å². The highest BCUT2D eigenvalue weighted by Crippen LogP contribution is 2.34. The minimum Gasteiger partial charge on any atom is -0.480 e. The van der Waals surface area contributed by atoms with Gasteiger partial charge in [-0.2, -0.15) is 23.5 Å². The van der Waals surface area contributed by atoms with Crippen molar-refractivity contribution in [2.24, 2.45) is 11.8 Å². The summed E-state index contributed by atoms with van der Waals surface area (Å²) in [6.45, 7) is 9.96. The Kier molecular flexibility index (Phi) is 31.0. The number of amides is 4. The van der Waals surface area contributed by atoms with Crippen LogP contribution in [-0.4, -0.2) is 180 Å². The summed E-state index contributed by atoms with van der Waals surface area (Å²) in [4.78, 5) is 86.7. The Labute approximate surface area is 534 Å². The number of thioether (sulfide) groups is 2. The number of carboxylic acid groups (broad SMARTS) is 2. The quantitative estimate of drug-likeness (QED) is 0.0463. The van der Waals surface area contributed by atoms with Crippen molar-refractivity contribution in [2.75, 3.05) is 90.7 Å². The maximum absolute atomic E-state index is 13.8. The number of nitrogens with zero attached hydrogens (tertiary/aromatic N) is 4. The molecule has 88 heavy (non-hydrogen) atoms. The SMILES string of the molecule is C.C.CSCC[C@H](NC(=O)c1ccc(CN(C)C(CC2CCCCC2)C(=O)N2CCOCC2)cc1-c1ccccc1C)C(=O)O.CSCC[C@H](NC(=O)c1ccc(CN(C)C(CC2CCCCC2)C(=O)N2CCOCC2)cc1-c1ccccc1C)C(=O)O. The zero-order valence-electron chi connectivity index (χ0n) is 51.7. The topological polar surface area (TPSA) is 198 Å². The number of morpholine rings is 2. The van der Waals surface area contributed by atoms with Crippen LogP contribution in [-0.2, 0) is 41.7 Å². The van der Waals surface area contributed by atoms with Crippen LogP contribution in [0.1, 0.15) is 148 Å². The number of hydrogen-bond acceptors (Lipinski definition) is 12. The molecule has 0 bridgehead atoms. The second kappa shape index (κ2) is 37.4. The van der Waals surface area contributed by atoms with Crippen molar-refractivity contribution in [3.8, 4) is 22.3 Å². The summed E-state index contributed by atoms with van der Waals surface area (Å²) in [6, 6.07) is 25.0. The number of aryl methyl sites for hydroxylation is 2. The number of carbonyl (C=O) groups excluding carboxylic acids is 4. The average molecular weight is 1250 g/mol. The third-order valence-corrected chi connectivity index (χ3v) is 19.0. The molecule has 4 amide bonds. The van der Waals surface area contributed by atoms with E-state index >= 15 is 0 Å². The number of likely N-dealkylation sites (N-methyl/N-ethyl adjacent to an activating group) is 2. The van der Waals surface area contributed by atoms with Crippen LogP contribution < -0.4 is 10.6 Å². The zero-order valence-corrected chi connectivity index (χ0v) is 53.3. The normalized spacial score (nSPS) is 17.0. The number of rotatable bonds is 26. The number of benzene rings is 4. The van der Waals surface area contributed by atoms with Crippen LogP contribution >= 0.6 is 23.5 Å². The summed E-state index contributed by atoms with van der Waals surface area (Å²) < 4.78 is 11.0. The van der Waals surface area contributed by atoms with E-state index in [1.807, 2.05) is 123 Å². The fourth-order valence-electron chi connectivity index (χ4n) is 12.6. The van der Waals surface area contributed by atoms with E-state index < -0.39 is 35.8 Å². The summed E-state index contributed by atoms with van der Waals surface area (Å²) in [5.74, 6) is -0.140. The monoisotopic (exact) mass is 1250 g/mol. The molecule has 0 spiro atoms. The van der Waals surface area contributed by atoms with Crippen LogP contribution in [0, 0.1) is 25.7 Å². The Morgan fingerprint density at radius 2 is 0.886 bits per heavy atom. The molecule has 484 valence electrons. The van der Waals surface area contributed by atoms with Crippen molar-refractivity contribution in [3.63, 3.8) is 0 Å². The third kappa shape index (κ3) is 21.2. The van der Waals surface area contributed by atoms with Crippen molar-refractivity contribution in [3.05, 3.63) is 118 Å². The molecule has 4 aromatic carbocycles. The van der Waals surface area contributed by atoms with Gasteiger partial charge in [0.25, 0.3) is 11.8 Å². The minimum absolute atomic E-state index is 0. The van der Waals surface area contributed by atoms with Gasteiger partial charge in [0.2, 0.25) is 11.8 Å². The number of carbonyl (C=O) groups is 6. The Bertz CT molecular complexity index is 2680. The molecule has 0 aromatic heterocycles. The van der Waals surface area contributed by atoms with Crippen LogP contribution in [0.25, 0.3) is 22.3 Å². The molecule has 4 atom stereocenters. The van der Waals surface area contributed by atoms with Crippen LogP contribution in [0.3, 0.4) is 0 Å². The molecule has 4 fully saturated rings. The van der Waals surface area contributed by atoms with E-state index in [0.717, 1.165) is 57.3 Å². The van der Waals surface area contributed by atoms with Gasteiger partial charge in [-0.3, -0.25) is 29.0 Å². The van der Waals surface area contributed by atoms with E-state index in [9.17, 15) is 39.0 Å². The van der Waals surface area contributed by atoms with Gasteiger partial charge in [-0.05, 0) is 158 Å². The van der Waals surface area contributed by atoms with E-state index in [4.69, 9.17) is 9.47 Å². The lowest BCUT2D eigenvalue weighted by Gasteiger charge is -2.36. The summed E-state index contributed by atoms with van der Waals surface area (Å²) in [5.41, 5.74) is 8.31. The van der Waals surface area contributed by atoms with Gasteiger partial charge in [-0.1, -0.05) is 140 Å². The lowest BCUT2D eigenvalue weighted by molar-refractivity contribution is -0.142. The standard InChI is InChI=1S/2C34H47N3O5S.2CH4/c2*1-24-9-7-8-12-27(24)29-21-26(13-14-28(29)32(38)35-30(34(40)41)15-20-43-3)23-36(2)31(22-25-10-5-4-6-11-25)33(39)37-16-18-42-19-17-37;;/h2*7-9,12-14,21,25,30-31H,4-6,10-11,15-20,22-23H2,1-3H3,(H,35,38)(H,40,41);2*1H4/t2*30-,31?;;/m00../s1. The van der Waals surface area contributed by atoms with Gasteiger partial charge >= 0.3 is 11.9 Å². The maximum Gasteiger partial charge on any atom is 0.326 e. The van der Waals surface area contributed by atoms with Gasteiger partial charge in [0.15, 0.2) is 0 Å². The molecular formula is C70H102N6O10S2. The summed E-state index contributed by atoms with van der Waals surface area (Å²) in [6.07, 6.45) is 18.4. The van der Waals surface area contributed by atoms with Gasteiger partial charge in [0, 0.05) is 50.4 Å². The number of hydrogen-bond donors (Lipinski definition) is 4. The van der Waals surface area contributed by atoms with Gasteiger partial charge in [0.1, 0.15) is 12.1 Å². The molecule has 18 heteroatoms. The van der Waals surface area contributed by atoms with Gasteiger partial charge in [-0.25, -0.2) is 9.59 Å². The molecule has 0 radical (unpaired) electrons. The van der Waals surface area contributed by atoms with E-state index in [1.54, 1.807) is 35.7 Å². The Morgan fingerprint density at radius 1 is 0.534 bits per heavy atom. The van der Waals surface area contributed by atoms with Crippen molar-refractivity contribution < 1.29 is 48.5 Å². The first-order chi connectivity index (χ1) is 41.6. The predicted molar refractivity (Wildman–Crippen MR) is 358 cm³/mol. The van der Waals surface area contributed by atoms with Crippen molar-refractivity contribution in [1.29, 1.82) is 0 Å². The number of ether oxygens (including phenoxy) is 2. The van der Waals surface area contributed by atoms with E-state index in [2.05, 4.69) is 20.4 Å². The first kappa shape index (κ1) is 73.0. The highest BCUT2D eigenvalue weighted by atomic mass is 32.2. The molecule has 4 N–H and O–H groups in total. The predicted octanol–water partition coefficient (Wildman–Crippen LogP) is 11.7. The first-order valence-electron chi connectivity index (χ1n) is 31.1. The largest absolute Gasteiger partial charge is 0.480 e. The van der Waals surface area contributed by atoms with Gasteiger partial charge < -0.3 is 40.1 Å². The average Bonchev–Trinajstić information content (AvgIpc) is 2.44. The van der Waals surface area contributed by atoms with Crippen LogP contribution in [0.4, 0.5) is 0 Å². The van der Waals surface area contributed by atoms with Crippen LogP contribution in [0.5, 0.6) is 0 Å². The van der Waals surface area contributed by atoms with Crippen molar-refractivity contribution in [2.45, 2.75) is 156 Å². The highest BCUT2D eigenvalue weighted by molar-refractivity contribution is 7.98. The Morgan fingerprint density at radius 3 is 1.22 bits per heavy atom. The van der Waals surface area contributed by atoms with E-state index in [-0.39, 0.29) is 38.8 Å². The second-order valence-electron chi connectivity index (χ2n) is 23.9. The molecular weight excluding hydrogens is 1150 g/mol. The fraction of sp³-hybridized carbons (Fsp3) is 0.571. The third-order valence-electron chi connectivity index (χ3n) is 17.7. The van der Waals surface area contributed by atoms with E-state index in [1.165, 1.54) is 64.2 Å². The molecule has 2 saturated carbocycles. The van der Waals surface area contributed by atoms with Crippen LogP contribution in [0.2, 0.25) is 0 Å². The molecule has 2 aliphatic heterocycles.